The van der Waals surface area contributed by atoms with Gasteiger partial charge in [-0.3, -0.25) is 19.7 Å². The number of aromatic amines is 1. The van der Waals surface area contributed by atoms with Crippen LogP contribution in [0.15, 0.2) is 23.1 Å². The van der Waals surface area contributed by atoms with E-state index in [2.05, 4.69) is 4.98 Å². The van der Waals surface area contributed by atoms with Crippen molar-refractivity contribution in [1.82, 2.24) is 4.98 Å². The zero-order chi connectivity index (χ0) is 12.8. The largest absolute Gasteiger partial charge is 0.322 e. The van der Waals surface area contributed by atoms with Crippen molar-refractivity contribution < 1.29 is 9.72 Å². The van der Waals surface area contributed by atoms with E-state index in [-0.39, 0.29) is 16.4 Å². The summed E-state index contributed by atoms with van der Waals surface area (Å²) in [5, 5.41) is 10.5. The first-order chi connectivity index (χ1) is 8.00. The molecule has 1 aromatic rings. The highest BCUT2D eigenvalue weighted by atomic mass is 32.2. The summed E-state index contributed by atoms with van der Waals surface area (Å²) in [5.74, 6) is 0.428. The summed E-state index contributed by atoms with van der Waals surface area (Å²) in [7, 11) is 0. The van der Waals surface area contributed by atoms with Crippen molar-refractivity contribution in [3.05, 3.63) is 44.4 Å². The molecule has 0 aliphatic heterocycles. The van der Waals surface area contributed by atoms with Crippen LogP contribution in [0.2, 0.25) is 0 Å². The van der Waals surface area contributed by atoms with Gasteiger partial charge in [-0.15, -0.1) is 0 Å². The van der Waals surface area contributed by atoms with Gasteiger partial charge in [0.2, 0.25) is 0 Å². The molecule has 1 N–H and O–H groups in total. The van der Waals surface area contributed by atoms with Crippen LogP contribution in [0.1, 0.15) is 12.5 Å². The smallest absolute Gasteiger partial charge is 0.286 e. The van der Waals surface area contributed by atoms with Crippen molar-refractivity contribution in [1.29, 1.82) is 0 Å². The summed E-state index contributed by atoms with van der Waals surface area (Å²) in [6, 6.07) is 1.19. The SMILES string of the molecule is CC(=O)SCC=Cc1cc([N+](=O)[O-])c[nH]c1=O. The van der Waals surface area contributed by atoms with Crippen LogP contribution in [0, 0.1) is 10.1 Å². The Bertz CT molecular complexity index is 521. The fourth-order valence-electron chi connectivity index (χ4n) is 1.06. The van der Waals surface area contributed by atoms with Gasteiger partial charge >= 0.3 is 0 Å². The molecule has 0 atom stereocenters. The third-order valence-electron chi connectivity index (χ3n) is 1.81. The zero-order valence-electron chi connectivity index (χ0n) is 9.00. The number of carbonyl (C=O) groups excluding carboxylic acids is 1. The van der Waals surface area contributed by atoms with Crippen LogP contribution in [0.25, 0.3) is 6.08 Å². The molecule has 1 aromatic heterocycles. The van der Waals surface area contributed by atoms with Crippen LogP contribution in [-0.4, -0.2) is 20.8 Å². The fraction of sp³-hybridized carbons (Fsp3) is 0.200. The van der Waals surface area contributed by atoms with E-state index >= 15 is 0 Å². The number of pyridine rings is 1. The summed E-state index contributed by atoms with van der Waals surface area (Å²) in [6.07, 6.45) is 4.12. The molecule has 17 heavy (non-hydrogen) atoms. The van der Waals surface area contributed by atoms with Crippen LogP contribution in [0.5, 0.6) is 0 Å². The minimum atomic E-state index is -0.586. The predicted molar refractivity (Wildman–Crippen MR) is 65.9 cm³/mol. The predicted octanol–water partition coefficient (Wildman–Crippen LogP) is 1.58. The minimum absolute atomic E-state index is 0.0254. The second-order valence-electron chi connectivity index (χ2n) is 3.10. The minimum Gasteiger partial charge on any atom is -0.322 e. The first-order valence-corrected chi connectivity index (χ1v) is 5.66. The lowest BCUT2D eigenvalue weighted by Gasteiger charge is -1.94. The second kappa shape index (κ2) is 6.00. The van der Waals surface area contributed by atoms with Gasteiger partial charge in [-0.2, -0.15) is 0 Å². The molecule has 0 saturated carbocycles. The number of aromatic nitrogens is 1. The van der Waals surface area contributed by atoms with Gasteiger partial charge in [0.15, 0.2) is 5.12 Å². The standard InChI is InChI=1S/C10H10N2O4S/c1-7(13)17-4-2-3-8-5-9(12(15)16)6-11-10(8)14/h2-3,5-6H,4H2,1H3,(H,11,14). The zero-order valence-corrected chi connectivity index (χ0v) is 9.82. The number of carbonyl (C=O) groups is 1. The highest BCUT2D eigenvalue weighted by Crippen LogP contribution is 2.10. The van der Waals surface area contributed by atoms with E-state index in [0.717, 1.165) is 18.0 Å². The summed E-state index contributed by atoms with van der Waals surface area (Å²) < 4.78 is 0. The maximum atomic E-state index is 11.3. The monoisotopic (exact) mass is 254 g/mol. The van der Waals surface area contributed by atoms with Crippen LogP contribution < -0.4 is 5.56 Å². The van der Waals surface area contributed by atoms with Gasteiger partial charge in [0.25, 0.3) is 11.2 Å². The molecular formula is C10H10N2O4S. The third kappa shape index (κ3) is 4.23. The van der Waals surface area contributed by atoms with Crippen molar-refractivity contribution >= 4 is 28.6 Å². The second-order valence-corrected chi connectivity index (χ2v) is 4.30. The molecule has 90 valence electrons. The van der Waals surface area contributed by atoms with Crippen LogP contribution in [0.4, 0.5) is 5.69 Å². The lowest BCUT2D eigenvalue weighted by atomic mass is 10.2. The molecule has 0 spiro atoms. The van der Waals surface area contributed by atoms with Gasteiger partial charge in [0, 0.05) is 24.3 Å². The molecule has 0 fully saturated rings. The van der Waals surface area contributed by atoms with Gasteiger partial charge in [0.1, 0.15) is 0 Å². The fourth-order valence-corrected chi connectivity index (χ4v) is 1.49. The molecule has 0 aromatic carbocycles. The Morgan fingerprint density at radius 3 is 2.94 bits per heavy atom. The summed E-state index contributed by atoms with van der Waals surface area (Å²) in [4.78, 5) is 34.1. The molecule has 0 aliphatic carbocycles. The number of rotatable bonds is 4. The number of hydrogen-bond acceptors (Lipinski definition) is 5. The highest BCUT2D eigenvalue weighted by molar-refractivity contribution is 8.13. The molecule has 0 amide bonds. The average molecular weight is 254 g/mol. The van der Waals surface area contributed by atoms with Gasteiger partial charge in [0.05, 0.1) is 11.1 Å². The maximum Gasteiger partial charge on any atom is 0.286 e. The molecule has 1 heterocycles. The van der Waals surface area contributed by atoms with Crippen molar-refractivity contribution in [2.45, 2.75) is 6.92 Å². The van der Waals surface area contributed by atoms with Crippen molar-refractivity contribution in [3.63, 3.8) is 0 Å². The number of nitro groups is 1. The van der Waals surface area contributed by atoms with Gasteiger partial charge in [-0.05, 0) is 0 Å². The Kier molecular flexibility index (Phi) is 4.65. The van der Waals surface area contributed by atoms with Crippen LogP contribution in [-0.2, 0) is 4.79 Å². The Morgan fingerprint density at radius 2 is 2.35 bits per heavy atom. The molecule has 6 nitrogen and oxygen atoms in total. The average Bonchev–Trinajstić information content (AvgIpc) is 2.25. The normalized spacial score (nSPS) is 10.6. The van der Waals surface area contributed by atoms with Crippen molar-refractivity contribution in [2.24, 2.45) is 0 Å². The van der Waals surface area contributed by atoms with E-state index in [1.54, 1.807) is 6.08 Å². The molecular weight excluding hydrogens is 244 g/mol. The van der Waals surface area contributed by atoms with E-state index in [9.17, 15) is 19.7 Å². The van der Waals surface area contributed by atoms with Gasteiger partial charge < -0.3 is 4.98 Å². The van der Waals surface area contributed by atoms with E-state index in [1.165, 1.54) is 19.1 Å². The van der Waals surface area contributed by atoms with E-state index in [4.69, 9.17) is 0 Å². The third-order valence-corrected chi connectivity index (χ3v) is 2.57. The van der Waals surface area contributed by atoms with E-state index < -0.39 is 10.5 Å². The molecule has 7 heteroatoms. The number of thioether (sulfide) groups is 1. The lowest BCUT2D eigenvalue weighted by molar-refractivity contribution is -0.385. The molecule has 0 unspecified atom stereocenters. The molecule has 1 rings (SSSR count). The number of nitrogens with zero attached hydrogens (tertiary/aromatic N) is 1. The Labute approximate surface area is 101 Å². The van der Waals surface area contributed by atoms with Gasteiger partial charge in [-0.25, -0.2) is 0 Å². The summed E-state index contributed by atoms with van der Waals surface area (Å²) in [6.45, 7) is 1.44. The number of H-pyrrole nitrogens is 1. The molecule has 0 radical (unpaired) electrons. The number of hydrogen-bond donors (Lipinski definition) is 1. The Morgan fingerprint density at radius 1 is 1.65 bits per heavy atom. The lowest BCUT2D eigenvalue weighted by Crippen LogP contribution is -2.09. The highest BCUT2D eigenvalue weighted by Gasteiger charge is 2.07. The summed E-state index contributed by atoms with van der Waals surface area (Å²) >= 11 is 1.10. The van der Waals surface area contributed by atoms with Crippen LogP contribution in [0.3, 0.4) is 0 Å². The van der Waals surface area contributed by atoms with Gasteiger partial charge in [-0.1, -0.05) is 23.9 Å². The van der Waals surface area contributed by atoms with Crippen molar-refractivity contribution in [2.75, 3.05) is 5.75 Å². The maximum absolute atomic E-state index is 11.3. The molecule has 0 aliphatic rings. The number of nitrogens with one attached hydrogen (secondary N) is 1. The van der Waals surface area contributed by atoms with Crippen molar-refractivity contribution in [3.8, 4) is 0 Å². The molecule has 0 bridgehead atoms. The van der Waals surface area contributed by atoms with Crippen LogP contribution >= 0.6 is 11.8 Å². The van der Waals surface area contributed by atoms with E-state index in [1.807, 2.05) is 0 Å². The Balaban J connectivity index is 2.83. The topological polar surface area (TPSA) is 93.1 Å². The van der Waals surface area contributed by atoms with E-state index in [0.29, 0.717) is 5.75 Å². The summed E-state index contributed by atoms with van der Waals surface area (Å²) in [5.41, 5.74) is -0.383. The quantitative estimate of drug-likeness (QED) is 0.650. The Hall–Kier alpha value is -1.89. The first-order valence-electron chi connectivity index (χ1n) is 4.67. The first kappa shape index (κ1) is 13.2. The molecule has 0 saturated heterocycles.